The predicted molar refractivity (Wildman–Crippen MR) is 256 cm³/mol. The van der Waals surface area contributed by atoms with Gasteiger partial charge < -0.3 is 56.0 Å². The Kier molecular flexibility index (Phi) is 23.2. The molecule has 0 bridgehead atoms. The zero-order valence-electron chi connectivity index (χ0n) is 38.1. The highest BCUT2D eigenvalue weighted by molar-refractivity contribution is 8.00. The van der Waals surface area contributed by atoms with E-state index in [0.717, 1.165) is 74.1 Å². The number of nitrogens with two attached hydrogens (primary N) is 2. The van der Waals surface area contributed by atoms with Gasteiger partial charge in [0, 0.05) is 70.8 Å². The molecule has 1 fully saturated rings. The Labute approximate surface area is 396 Å². The minimum Gasteiger partial charge on any atom is -0.481 e. The Bertz CT molecular complexity index is 2160. The maximum atomic E-state index is 12.9. The summed E-state index contributed by atoms with van der Waals surface area (Å²) in [6.45, 7) is 12.7. The second-order valence-electron chi connectivity index (χ2n) is 16.2. The minimum atomic E-state index is -1.23. The number of carbonyl (C=O) groups excluding carboxylic acids is 2. The van der Waals surface area contributed by atoms with Crippen molar-refractivity contribution in [1.82, 2.24) is 44.6 Å². The molecular weight excluding hydrogens is 885 g/mol. The summed E-state index contributed by atoms with van der Waals surface area (Å²) in [6, 6.07) is 7.46. The number of piperazine rings is 1. The average Bonchev–Trinajstić information content (AvgIpc) is 3.93. The highest BCUT2D eigenvalue weighted by Gasteiger charge is 2.25. The number of hydrogen-bond acceptors (Lipinski definition) is 16. The zero-order valence-corrected chi connectivity index (χ0v) is 38.9. The smallest absolute Gasteiger partial charge is 0.321 e. The van der Waals surface area contributed by atoms with Crippen LogP contribution in [0.4, 0.5) is 11.8 Å². The van der Waals surface area contributed by atoms with Gasteiger partial charge in [0.25, 0.3) is 0 Å². The third-order valence-corrected chi connectivity index (χ3v) is 12.3. The first kappa shape index (κ1) is 54.2. The van der Waals surface area contributed by atoms with Crippen LogP contribution in [0, 0.1) is 6.92 Å². The summed E-state index contributed by atoms with van der Waals surface area (Å²) in [5.41, 5.74) is 17.5. The lowest BCUT2D eigenvalue weighted by atomic mass is 10.0. The molecule has 0 saturated carbocycles. The molecule has 67 heavy (non-hydrogen) atoms. The van der Waals surface area contributed by atoms with Gasteiger partial charge in [0.05, 0.1) is 69.5 Å². The lowest BCUT2D eigenvalue weighted by molar-refractivity contribution is -0.138. The first-order chi connectivity index (χ1) is 31.9. The van der Waals surface area contributed by atoms with E-state index in [9.17, 15) is 19.2 Å². The number of benzene rings is 1. The first-order valence-electron chi connectivity index (χ1n) is 22.6. The van der Waals surface area contributed by atoms with Crippen molar-refractivity contribution in [3.05, 3.63) is 59.0 Å². The van der Waals surface area contributed by atoms with Gasteiger partial charge in [-0.15, -0.1) is 16.9 Å². The molecule has 1 saturated heterocycles. The fourth-order valence-corrected chi connectivity index (χ4v) is 8.35. The topological polar surface area (TPSA) is 280 Å². The Hall–Kier alpha value is -5.39. The maximum absolute atomic E-state index is 12.9. The van der Waals surface area contributed by atoms with Gasteiger partial charge in [-0.3, -0.25) is 24.1 Å². The molecule has 4 aromatic rings. The van der Waals surface area contributed by atoms with Crippen molar-refractivity contribution in [3.63, 3.8) is 0 Å². The van der Waals surface area contributed by atoms with Crippen LogP contribution in [0.2, 0.25) is 0 Å². The summed E-state index contributed by atoms with van der Waals surface area (Å²) in [4.78, 5) is 60.9. The maximum Gasteiger partial charge on any atom is 0.321 e. The average molecular weight is 955 g/mol. The Morgan fingerprint density at radius 3 is 2.36 bits per heavy atom. The van der Waals surface area contributed by atoms with Crippen molar-refractivity contribution >= 4 is 58.3 Å². The molecule has 1 aliphatic rings. The van der Waals surface area contributed by atoms with Crippen LogP contribution in [0.25, 0.3) is 11.0 Å². The van der Waals surface area contributed by atoms with Crippen molar-refractivity contribution in [2.75, 3.05) is 89.2 Å². The molecule has 22 heteroatoms. The van der Waals surface area contributed by atoms with Gasteiger partial charge in [-0.1, -0.05) is 50.6 Å². The van der Waals surface area contributed by atoms with Crippen LogP contribution in [0.5, 0.6) is 0 Å². The molecule has 21 nitrogen and oxygen atoms in total. The highest BCUT2D eigenvalue weighted by Crippen LogP contribution is 2.25. The molecule has 0 spiro atoms. The monoisotopic (exact) mass is 955 g/mol. The van der Waals surface area contributed by atoms with Crippen LogP contribution in [-0.4, -0.2) is 163 Å². The first-order valence-corrected chi connectivity index (χ1v) is 23.6. The van der Waals surface area contributed by atoms with Gasteiger partial charge in [0.15, 0.2) is 5.82 Å². The van der Waals surface area contributed by atoms with E-state index in [1.54, 1.807) is 10.9 Å². The second kappa shape index (κ2) is 28.7. The molecule has 5 rings (SSSR count). The fourth-order valence-electron chi connectivity index (χ4n) is 7.27. The highest BCUT2D eigenvalue weighted by atomic mass is 32.2. The van der Waals surface area contributed by atoms with Crippen LogP contribution in [0.1, 0.15) is 75.3 Å². The zero-order chi connectivity index (χ0) is 47.3. The molecule has 2 amide bonds. The Morgan fingerprint density at radius 1 is 0.925 bits per heavy atom. The number of aromatic nitrogens is 6. The number of nitrogen functional groups attached to an aromatic ring is 1. The fraction of sp³-hybridized carbons (Fsp3) is 0.600. The molecule has 8 N–H and O–H groups in total. The van der Waals surface area contributed by atoms with Gasteiger partial charge in [0.1, 0.15) is 17.3 Å². The Morgan fingerprint density at radius 2 is 1.66 bits per heavy atom. The number of rotatable bonds is 31. The molecule has 1 aromatic carbocycles. The summed E-state index contributed by atoms with van der Waals surface area (Å²) < 4.78 is 20.6. The van der Waals surface area contributed by atoms with Gasteiger partial charge in [-0.05, 0) is 42.5 Å². The number of unbranched alkanes of at least 4 members (excludes halogenated alkanes) is 2. The summed E-state index contributed by atoms with van der Waals surface area (Å²) in [5, 5.41) is 31.2. The van der Waals surface area contributed by atoms with Crippen molar-refractivity contribution in [3.8, 4) is 0 Å². The molecule has 2 atom stereocenters. The molecule has 0 radical (unpaired) electrons. The number of carboxylic acid groups (broad SMARTS) is 2. The van der Waals surface area contributed by atoms with Gasteiger partial charge in [0.2, 0.25) is 17.8 Å². The van der Waals surface area contributed by atoms with Crippen molar-refractivity contribution in [2.24, 2.45) is 5.73 Å². The summed E-state index contributed by atoms with van der Waals surface area (Å²) in [6.07, 6.45) is 7.69. The number of nitrogens with zero attached hydrogens (tertiary/aromatic N) is 8. The Balaban J connectivity index is 0.00000980. The summed E-state index contributed by atoms with van der Waals surface area (Å²) in [7, 11) is 0. The predicted octanol–water partition coefficient (Wildman–Crippen LogP) is 2.98. The number of aryl methyl sites for hydroxylation is 1. The standard InChI is InChI=1S/C44H66N12O9S.CH4/c1-3-4-5-11-47-41-40-36(49-44(46)50-41)10-12-55(40)28-33-9-8-32(24-31(33)2)27-53-13-15-54(16-14-53)38(57)7-6-18-63-20-22-65-23-21-64-19-17-56-29-34(51-52-56)26-48-42(60)37(25-39(58)59)66-30-35(45)43(61)62;/h8-10,12,24,29,35,37H,3-7,11,13-23,25-28,30,45H2,1-2H3,(H,48,60)(H,58,59)(H,61,62)(H3,46,47,49,50);1H4/t35-,37+;/m0./s1. The van der Waals surface area contributed by atoms with E-state index in [2.05, 4.69) is 72.4 Å². The van der Waals surface area contributed by atoms with Gasteiger partial charge in [-0.25, -0.2) is 9.67 Å². The second-order valence-corrected chi connectivity index (χ2v) is 17.4. The van der Waals surface area contributed by atoms with E-state index in [0.29, 0.717) is 84.4 Å². The molecule has 370 valence electrons. The molecule has 3 aromatic heterocycles. The number of nitrogens with one attached hydrogen (secondary N) is 2. The summed E-state index contributed by atoms with van der Waals surface area (Å²) >= 11 is 0.875. The van der Waals surface area contributed by atoms with E-state index in [1.807, 2.05) is 17.2 Å². The van der Waals surface area contributed by atoms with Crippen LogP contribution < -0.4 is 22.1 Å². The molecule has 1 aliphatic heterocycles. The number of fused-ring (bicyclic) bond motifs is 1. The number of aliphatic carboxylic acids is 2. The SMILES string of the molecule is C.CCCCCNc1nc(N)nc2ccn(Cc3ccc(CN4CCN(C(=O)CCCOCCOCCOCCn5cc(CNC(=O)[C@@H](CC(=O)O)SC[C@H](N)C(=O)O)nn5)CC4)cc3C)c12. The summed E-state index contributed by atoms with van der Waals surface area (Å²) in [5.74, 6) is -1.89. The quantitative estimate of drug-likeness (QED) is 0.0396. The van der Waals surface area contributed by atoms with Crippen LogP contribution in [0.3, 0.4) is 0 Å². The number of carboxylic acids is 2. The van der Waals surface area contributed by atoms with Gasteiger partial charge in [-0.2, -0.15) is 4.98 Å². The van der Waals surface area contributed by atoms with Crippen LogP contribution >= 0.6 is 11.8 Å². The normalized spacial score (nSPS) is 13.9. The van der Waals surface area contributed by atoms with E-state index < -0.39 is 35.6 Å². The molecular formula is C45H70N12O9S. The largest absolute Gasteiger partial charge is 0.481 e. The van der Waals surface area contributed by atoms with Gasteiger partial charge >= 0.3 is 11.9 Å². The van der Waals surface area contributed by atoms with Crippen LogP contribution in [0.15, 0.2) is 36.7 Å². The van der Waals surface area contributed by atoms with E-state index >= 15 is 0 Å². The third kappa shape index (κ3) is 18.3. The number of thioether (sulfide) groups is 1. The van der Waals surface area contributed by atoms with Crippen molar-refractivity contribution in [2.45, 2.75) is 97.3 Å². The van der Waals surface area contributed by atoms with E-state index in [-0.39, 0.29) is 31.6 Å². The van der Waals surface area contributed by atoms with Crippen molar-refractivity contribution < 1.29 is 43.6 Å². The van der Waals surface area contributed by atoms with E-state index in [4.69, 9.17) is 35.9 Å². The molecule has 0 unspecified atom stereocenters. The lowest BCUT2D eigenvalue weighted by Crippen LogP contribution is -2.48. The minimum absolute atomic E-state index is 0. The number of anilines is 2. The number of amides is 2. The molecule has 4 heterocycles. The van der Waals surface area contributed by atoms with Crippen LogP contribution in [-0.2, 0) is 59.6 Å². The van der Waals surface area contributed by atoms with Crippen molar-refractivity contribution in [1.29, 1.82) is 0 Å². The van der Waals surface area contributed by atoms with E-state index in [1.165, 1.54) is 16.7 Å². The molecule has 0 aliphatic carbocycles. The third-order valence-electron chi connectivity index (χ3n) is 10.9. The number of ether oxygens (including phenoxy) is 3. The lowest BCUT2D eigenvalue weighted by Gasteiger charge is -2.35. The number of carbonyl (C=O) groups is 4. The number of hydrogen-bond donors (Lipinski definition) is 6.